The highest BCUT2D eigenvalue weighted by atomic mass is 32.2. The molecule has 0 spiro atoms. The van der Waals surface area contributed by atoms with Crippen molar-refractivity contribution >= 4 is 21.6 Å². The molecule has 6 nitrogen and oxygen atoms in total. The normalized spacial score (nSPS) is 19.8. The Morgan fingerprint density at radius 2 is 1.76 bits per heavy atom. The van der Waals surface area contributed by atoms with Crippen molar-refractivity contribution in [1.82, 2.24) is 4.90 Å². The van der Waals surface area contributed by atoms with Gasteiger partial charge in [0.05, 0.1) is 4.90 Å². The number of nitrogens with two attached hydrogens (primary N) is 1. The fourth-order valence-electron chi connectivity index (χ4n) is 4.01. The van der Waals surface area contributed by atoms with Gasteiger partial charge in [0.2, 0.25) is 15.9 Å². The Balaban J connectivity index is 1.45. The second kappa shape index (κ2) is 9.52. The van der Waals surface area contributed by atoms with E-state index in [9.17, 15) is 13.2 Å². The highest BCUT2D eigenvalue weighted by Gasteiger charge is 2.25. The van der Waals surface area contributed by atoms with Crippen molar-refractivity contribution in [3.8, 4) is 0 Å². The third kappa shape index (κ3) is 6.13. The molecule has 7 heteroatoms. The van der Waals surface area contributed by atoms with Crippen molar-refractivity contribution in [3.05, 3.63) is 60.2 Å². The van der Waals surface area contributed by atoms with Crippen molar-refractivity contribution in [2.45, 2.75) is 49.0 Å². The van der Waals surface area contributed by atoms with E-state index in [1.165, 1.54) is 30.5 Å². The number of hydrogen-bond donors (Lipinski definition) is 2. The quantitative estimate of drug-likeness (QED) is 0.725. The smallest absolute Gasteiger partial charge is 0.238 e. The maximum absolute atomic E-state index is 12.3. The average Bonchev–Trinajstić information content (AvgIpc) is 2.72. The van der Waals surface area contributed by atoms with Crippen LogP contribution in [0, 0.1) is 0 Å². The Labute approximate surface area is 173 Å². The summed E-state index contributed by atoms with van der Waals surface area (Å²) in [4.78, 5) is 14.5. The molecule has 1 aliphatic rings. The first-order valence-corrected chi connectivity index (χ1v) is 11.6. The van der Waals surface area contributed by atoms with Crippen LogP contribution >= 0.6 is 0 Å². The van der Waals surface area contributed by atoms with E-state index in [0.29, 0.717) is 30.6 Å². The van der Waals surface area contributed by atoms with E-state index in [1.807, 2.05) is 0 Å². The summed E-state index contributed by atoms with van der Waals surface area (Å²) in [5.41, 5.74) is 1.86. The number of sulfonamides is 1. The fraction of sp³-hybridized carbons (Fsp3) is 0.409. The van der Waals surface area contributed by atoms with Crippen LogP contribution in [0.15, 0.2) is 59.5 Å². The predicted molar refractivity (Wildman–Crippen MR) is 115 cm³/mol. The molecule has 0 unspecified atom stereocenters. The maximum atomic E-state index is 12.3. The molecule has 0 aromatic heterocycles. The van der Waals surface area contributed by atoms with Crippen LogP contribution in [-0.2, 0) is 14.8 Å². The van der Waals surface area contributed by atoms with E-state index in [4.69, 9.17) is 5.14 Å². The van der Waals surface area contributed by atoms with Gasteiger partial charge in [0, 0.05) is 24.7 Å². The molecular formula is C22H29N3O3S. The zero-order chi connectivity index (χ0) is 20.9. The molecule has 0 atom stereocenters. The standard InChI is InChI=1S/C22H29N3O3S/c1-25(20-12-10-18(11-13-20)17-6-3-2-4-7-17)15-14-22(26)24-19-8-5-9-21(16-19)29(23,27)28/h2-9,16,18,20H,10-15H2,1H3,(H,24,26)(H2,23,27,28). The molecule has 3 N–H and O–H groups in total. The van der Waals surface area contributed by atoms with Gasteiger partial charge in [-0.25, -0.2) is 13.6 Å². The molecule has 2 aromatic rings. The van der Waals surface area contributed by atoms with Gasteiger partial charge in [0.1, 0.15) is 0 Å². The van der Waals surface area contributed by atoms with Crippen LogP contribution in [0.2, 0.25) is 0 Å². The van der Waals surface area contributed by atoms with Gasteiger partial charge < -0.3 is 10.2 Å². The minimum Gasteiger partial charge on any atom is -0.326 e. The van der Waals surface area contributed by atoms with Crippen molar-refractivity contribution in [1.29, 1.82) is 0 Å². The lowest BCUT2D eigenvalue weighted by Crippen LogP contribution is -2.36. The van der Waals surface area contributed by atoms with E-state index in [1.54, 1.807) is 12.1 Å². The molecular weight excluding hydrogens is 386 g/mol. The highest BCUT2D eigenvalue weighted by molar-refractivity contribution is 7.89. The first kappa shape index (κ1) is 21.5. The zero-order valence-electron chi connectivity index (χ0n) is 16.8. The SMILES string of the molecule is CN(CCC(=O)Nc1cccc(S(N)(=O)=O)c1)C1CCC(c2ccccc2)CC1. The number of primary sulfonamides is 1. The van der Waals surface area contributed by atoms with Gasteiger partial charge in [-0.05, 0) is 62.4 Å². The van der Waals surface area contributed by atoms with Crippen molar-refractivity contribution in [2.75, 3.05) is 18.9 Å². The first-order valence-electron chi connectivity index (χ1n) is 10.0. The van der Waals surface area contributed by atoms with E-state index in [0.717, 1.165) is 12.8 Å². The van der Waals surface area contributed by atoms with Gasteiger partial charge in [-0.15, -0.1) is 0 Å². The molecule has 156 valence electrons. The zero-order valence-corrected chi connectivity index (χ0v) is 17.6. The maximum Gasteiger partial charge on any atom is 0.238 e. The predicted octanol–water partition coefficient (Wildman–Crippen LogP) is 3.32. The number of amides is 1. The van der Waals surface area contributed by atoms with Gasteiger partial charge >= 0.3 is 0 Å². The van der Waals surface area contributed by atoms with E-state index in [2.05, 4.69) is 47.6 Å². The van der Waals surface area contributed by atoms with Crippen LogP contribution in [0.25, 0.3) is 0 Å². The molecule has 0 heterocycles. The number of hydrogen-bond acceptors (Lipinski definition) is 4. The van der Waals surface area contributed by atoms with Crippen LogP contribution in [-0.4, -0.2) is 38.9 Å². The molecule has 0 radical (unpaired) electrons. The molecule has 0 bridgehead atoms. The third-order valence-corrected chi connectivity index (χ3v) is 6.64. The van der Waals surface area contributed by atoms with Crippen LogP contribution < -0.4 is 10.5 Å². The van der Waals surface area contributed by atoms with Crippen LogP contribution in [0.1, 0.15) is 43.6 Å². The largest absolute Gasteiger partial charge is 0.326 e. The second-order valence-corrected chi connectivity index (χ2v) is 9.33. The van der Waals surface area contributed by atoms with E-state index < -0.39 is 10.0 Å². The summed E-state index contributed by atoms with van der Waals surface area (Å²) in [5.74, 6) is 0.497. The van der Waals surface area contributed by atoms with Gasteiger partial charge in [-0.3, -0.25) is 4.79 Å². The first-order chi connectivity index (χ1) is 13.8. The Morgan fingerprint density at radius 3 is 2.41 bits per heavy atom. The summed E-state index contributed by atoms with van der Waals surface area (Å²) in [6.07, 6.45) is 4.97. The number of carbonyl (C=O) groups excluding carboxylic acids is 1. The Hall–Kier alpha value is -2.22. The van der Waals surface area contributed by atoms with Gasteiger partial charge in [0.25, 0.3) is 0 Å². The Bertz CT molecular complexity index is 923. The summed E-state index contributed by atoms with van der Waals surface area (Å²) in [7, 11) is -1.71. The number of anilines is 1. The van der Waals surface area contributed by atoms with Gasteiger partial charge in [-0.2, -0.15) is 0 Å². The van der Waals surface area contributed by atoms with Crippen molar-refractivity contribution < 1.29 is 13.2 Å². The van der Waals surface area contributed by atoms with Crippen LogP contribution in [0.3, 0.4) is 0 Å². The lowest BCUT2D eigenvalue weighted by atomic mass is 9.81. The van der Waals surface area contributed by atoms with E-state index >= 15 is 0 Å². The molecule has 29 heavy (non-hydrogen) atoms. The number of rotatable bonds is 7. The van der Waals surface area contributed by atoms with Crippen molar-refractivity contribution in [3.63, 3.8) is 0 Å². The summed E-state index contributed by atoms with van der Waals surface area (Å²) >= 11 is 0. The van der Waals surface area contributed by atoms with Gasteiger partial charge in [-0.1, -0.05) is 36.4 Å². The summed E-state index contributed by atoms with van der Waals surface area (Å²) in [6, 6.07) is 17.2. The number of benzene rings is 2. The second-order valence-electron chi connectivity index (χ2n) is 7.77. The summed E-state index contributed by atoms with van der Waals surface area (Å²) < 4.78 is 22.9. The minimum absolute atomic E-state index is 0.0115. The third-order valence-electron chi connectivity index (χ3n) is 5.73. The van der Waals surface area contributed by atoms with Crippen LogP contribution in [0.4, 0.5) is 5.69 Å². The lowest BCUT2D eigenvalue weighted by molar-refractivity contribution is -0.116. The van der Waals surface area contributed by atoms with Gasteiger partial charge in [0.15, 0.2) is 0 Å². The molecule has 1 amide bonds. The monoisotopic (exact) mass is 415 g/mol. The molecule has 0 saturated heterocycles. The molecule has 1 saturated carbocycles. The number of nitrogens with one attached hydrogen (secondary N) is 1. The van der Waals surface area contributed by atoms with Crippen molar-refractivity contribution in [2.24, 2.45) is 5.14 Å². The molecule has 1 fully saturated rings. The number of nitrogens with zero attached hydrogens (tertiary/aromatic N) is 1. The average molecular weight is 416 g/mol. The topological polar surface area (TPSA) is 92.5 Å². The molecule has 1 aliphatic carbocycles. The minimum atomic E-state index is -3.79. The summed E-state index contributed by atoms with van der Waals surface area (Å²) in [6.45, 7) is 0.668. The van der Waals surface area contributed by atoms with Crippen LogP contribution in [0.5, 0.6) is 0 Å². The molecule has 3 rings (SSSR count). The summed E-state index contributed by atoms with van der Waals surface area (Å²) in [5, 5.41) is 7.89. The fourth-order valence-corrected chi connectivity index (χ4v) is 4.57. The Morgan fingerprint density at radius 1 is 1.07 bits per heavy atom. The molecule has 2 aromatic carbocycles. The lowest BCUT2D eigenvalue weighted by Gasteiger charge is -2.34. The number of carbonyl (C=O) groups is 1. The highest BCUT2D eigenvalue weighted by Crippen LogP contribution is 2.34. The Kier molecular flexibility index (Phi) is 7.05. The molecule has 0 aliphatic heterocycles. The van der Waals surface area contributed by atoms with E-state index in [-0.39, 0.29) is 10.8 Å².